The molecule has 2 aromatic heterocycles. The zero-order valence-corrected chi connectivity index (χ0v) is 11.7. The van der Waals surface area contributed by atoms with E-state index in [1.165, 1.54) is 6.39 Å². The lowest BCUT2D eigenvalue weighted by Crippen LogP contribution is -2.22. The van der Waals surface area contributed by atoms with Crippen molar-refractivity contribution in [3.05, 3.63) is 28.1 Å². The number of aromatic nitrogens is 1. The van der Waals surface area contributed by atoms with Gasteiger partial charge in [-0.2, -0.15) is 0 Å². The van der Waals surface area contributed by atoms with Gasteiger partial charge in [0.1, 0.15) is 5.69 Å². The number of aryl methyl sites for hydroxylation is 1. The Morgan fingerprint density at radius 1 is 1.53 bits per heavy atom. The van der Waals surface area contributed by atoms with E-state index in [0.717, 1.165) is 26.9 Å². The third-order valence-corrected chi connectivity index (χ3v) is 4.12. The minimum atomic E-state index is 0.417. The van der Waals surface area contributed by atoms with Crippen LogP contribution in [0.2, 0.25) is 5.02 Å². The average molecular weight is 271 g/mol. The van der Waals surface area contributed by atoms with E-state index in [1.54, 1.807) is 11.3 Å². The van der Waals surface area contributed by atoms with Crippen LogP contribution in [0.1, 0.15) is 25.1 Å². The molecule has 2 rings (SSSR count). The van der Waals surface area contributed by atoms with Gasteiger partial charge in [-0.15, -0.1) is 11.3 Å². The summed E-state index contributed by atoms with van der Waals surface area (Å²) in [6.45, 7) is 6.88. The van der Waals surface area contributed by atoms with E-state index in [2.05, 4.69) is 24.1 Å². The molecule has 0 aliphatic rings. The van der Waals surface area contributed by atoms with Gasteiger partial charge in [-0.05, 0) is 17.9 Å². The van der Waals surface area contributed by atoms with Gasteiger partial charge in [-0.3, -0.25) is 0 Å². The molecule has 2 heterocycles. The summed E-state index contributed by atoms with van der Waals surface area (Å²) in [5.74, 6) is 0.779. The predicted molar refractivity (Wildman–Crippen MR) is 71.5 cm³/mol. The molecule has 0 aromatic carbocycles. The summed E-state index contributed by atoms with van der Waals surface area (Å²) >= 11 is 7.83. The number of nitrogens with one attached hydrogen (secondary N) is 1. The molecule has 5 heteroatoms. The van der Waals surface area contributed by atoms with Gasteiger partial charge in [0.05, 0.1) is 9.90 Å². The molecule has 0 radical (unpaired) electrons. The molecule has 0 fully saturated rings. The predicted octanol–water partition coefficient (Wildman–Crippen LogP) is 3.86. The summed E-state index contributed by atoms with van der Waals surface area (Å²) in [7, 11) is 0. The molecule has 0 unspecified atom stereocenters. The third kappa shape index (κ3) is 2.70. The van der Waals surface area contributed by atoms with Crippen LogP contribution in [0, 0.1) is 6.92 Å². The smallest absolute Gasteiger partial charge is 0.181 e. The van der Waals surface area contributed by atoms with Crippen LogP contribution in [-0.2, 0) is 6.54 Å². The highest BCUT2D eigenvalue weighted by atomic mass is 35.5. The molecule has 92 valence electrons. The lowest BCUT2D eigenvalue weighted by molar-refractivity contribution is 0.564. The number of thiophene rings is 1. The van der Waals surface area contributed by atoms with Gasteiger partial charge in [0.15, 0.2) is 12.2 Å². The van der Waals surface area contributed by atoms with Crippen molar-refractivity contribution in [1.82, 2.24) is 10.3 Å². The number of oxazole rings is 1. The monoisotopic (exact) mass is 270 g/mol. The van der Waals surface area contributed by atoms with Crippen LogP contribution in [0.5, 0.6) is 0 Å². The molecule has 0 saturated heterocycles. The molecule has 0 aliphatic heterocycles. The topological polar surface area (TPSA) is 38.1 Å². The van der Waals surface area contributed by atoms with Gasteiger partial charge >= 0.3 is 0 Å². The van der Waals surface area contributed by atoms with Crippen molar-refractivity contribution in [2.45, 2.75) is 33.4 Å². The minimum Gasteiger partial charge on any atom is -0.442 e. The quantitative estimate of drug-likeness (QED) is 0.917. The normalized spacial score (nSPS) is 11.4. The van der Waals surface area contributed by atoms with E-state index in [0.29, 0.717) is 12.6 Å². The molecule has 1 N–H and O–H groups in total. The number of nitrogens with zero attached hydrogens (tertiary/aromatic N) is 1. The lowest BCUT2D eigenvalue weighted by atomic mass is 10.2. The first-order valence-corrected chi connectivity index (χ1v) is 6.75. The Kier molecular flexibility index (Phi) is 3.86. The maximum absolute atomic E-state index is 6.24. The maximum atomic E-state index is 6.24. The van der Waals surface area contributed by atoms with Crippen molar-refractivity contribution in [1.29, 1.82) is 0 Å². The summed E-state index contributed by atoms with van der Waals surface area (Å²) in [5, 5.41) is 6.11. The van der Waals surface area contributed by atoms with E-state index in [9.17, 15) is 0 Å². The van der Waals surface area contributed by atoms with Crippen molar-refractivity contribution < 1.29 is 4.42 Å². The van der Waals surface area contributed by atoms with Gasteiger partial charge in [0.25, 0.3) is 0 Å². The van der Waals surface area contributed by atoms with Crippen LogP contribution in [0.3, 0.4) is 0 Å². The third-order valence-electron chi connectivity index (χ3n) is 2.42. The maximum Gasteiger partial charge on any atom is 0.181 e. The average Bonchev–Trinajstić information content (AvgIpc) is 2.85. The van der Waals surface area contributed by atoms with Crippen LogP contribution in [0.25, 0.3) is 10.6 Å². The fraction of sp³-hybridized carbons (Fsp3) is 0.417. The summed E-state index contributed by atoms with van der Waals surface area (Å²) in [6.07, 6.45) is 1.47. The minimum absolute atomic E-state index is 0.417. The second-order valence-corrected chi connectivity index (χ2v) is 5.48. The van der Waals surface area contributed by atoms with Crippen molar-refractivity contribution in [2.24, 2.45) is 0 Å². The summed E-state index contributed by atoms with van der Waals surface area (Å²) in [5.41, 5.74) is 1.98. The first-order valence-electron chi connectivity index (χ1n) is 5.49. The van der Waals surface area contributed by atoms with Crippen LogP contribution in [0.4, 0.5) is 0 Å². The number of halogens is 1. The van der Waals surface area contributed by atoms with Gasteiger partial charge in [-0.25, -0.2) is 4.98 Å². The highest BCUT2D eigenvalue weighted by molar-refractivity contribution is 7.14. The molecule has 0 aliphatic carbocycles. The van der Waals surface area contributed by atoms with Crippen molar-refractivity contribution in [3.63, 3.8) is 0 Å². The van der Waals surface area contributed by atoms with Crippen LogP contribution < -0.4 is 5.32 Å². The summed E-state index contributed by atoms with van der Waals surface area (Å²) in [6, 6.07) is 0.417. The lowest BCUT2D eigenvalue weighted by Gasteiger charge is -2.06. The van der Waals surface area contributed by atoms with Gasteiger partial charge in [0.2, 0.25) is 0 Å². The highest BCUT2D eigenvalue weighted by Gasteiger charge is 2.17. The van der Waals surface area contributed by atoms with Gasteiger partial charge in [0, 0.05) is 12.6 Å². The molecule has 3 nitrogen and oxygen atoms in total. The fourth-order valence-electron chi connectivity index (χ4n) is 1.46. The molecule has 0 spiro atoms. The summed E-state index contributed by atoms with van der Waals surface area (Å²) < 4.78 is 5.45. The number of hydrogen-bond donors (Lipinski definition) is 1. The molecular formula is C12H15ClN2OS. The zero-order chi connectivity index (χ0) is 12.4. The SMILES string of the molecule is Cc1csc(-c2ocnc2CNC(C)C)c1Cl. The van der Waals surface area contributed by atoms with Crippen molar-refractivity contribution in [2.75, 3.05) is 0 Å². The Morgan fingerprint density at radius 2 is 2.29 bits per heavy atom. The van der Waals surface area contributed by atoms with E-state index >= 15 is 0 Å². The number of rotatable bonds is 4. The molecule has 0 atom stereocenters. The van der Waals surface area contributed by atoms with Crippen molar-refractivity contribution >= 4 is 22.9 Å². The second kappa shape index (κ2) is 5.21. The van der Waals surface area contributed by atoms with Crippen LogP contribution >= 0.6 is 22.9 Å². The largest absolute Gasteiger partial charge is 0.442 e. The van der Waals surface area contributed by atoms with Crippen LogP contribution in [0.15, 0.2) is 16.2 Å². The van der Waals surface area contributed by atoms with Crippen LogP contribution in [-0.4, -0.2) is 11.0 Å². The van der Waals surface area contributed by atoms with Gasteiger partial charge < -0.3 is 9.73 Å². The summed E-state index contributed by atoms with van der Waals surface area (Å²) in [4.78, 5) is 5.19. The Hall–Kier alpha value is -0.840. The molecule has 2 aromatic rings. The Bertz CT molecular complexity index is 504. The van der Waals surface area contributed by atoms with Gasteiger partial charge in [-0.1, -0.05) is 25.4 Å². The Labute approximate surface area is 110 Å². The van der Waals surface area contributed by atoms with Crippen molar-refractivity contribution in [3.8, 4) is 10.6 Å². The second-order valence-electron chi connectivity index (χ2n) is 4.23. The molecular weight excluding hydrogens is 256 g/mol. The highest BCUT2D eigenvalue weighted by Crippen LogP contribution is 2.37. The first-order chi connectivity index (χ1) is 8.09. The van der Waals surface area contributed by atoms with E-state index in [1.807, 2.05) is 12.3 Å². The zero-order valence-electron chi connectivity index (χ0n) is 10.1. The molecule has 0 amide bonds. The Morgan fingerprint density at radius 3 is 2.88 bits per heavy atom. The van der Waals surface area contributed by atoms with E-state index in [-0.39, 0.29) is 0 Å². The fourth-order valence-corrected chi connectivity index (χ4v) is 2.75. The van der Waals surface area contributed by atoms with E-state index in [4.69, 9.17) is 16.0 Å². The molecule has 17 heavy (non-hydrogen) atoms. The Balaban J connectivity index is 2.27. The number of hydrogen-bond acceptors (Lipinski definition) is 4. The molecule has 0 bridgehead atoms. The van der Waals surface area contributed by atoms with E-state index < -0.39 is 0 Å². The standard InChI is InChI=1S/C12H15ClN2OS/c1-7(2)14-4-9-11(16-6-15-9)12-10(13)8(3)5-17-12/h5-7,14H,4H2,1-3H3. The molecule has 0 saturated carbocycles. The first kappa shape index (κ1) is 12.6.